The van der Waals surface area contributed by atoms with Crippen LogP contribution in [0.25, 0.3) is 0 Å². The highest BCUT2D eigenvalue weighted by molar-refractivity contribution is 5.69. The van der Waals surface area contributed by atoms with Crippen LogP contribution in [0.1, 0.15) is 20.8 Å². The monoisotopic (exact) mass is 273 g/mol. The Labute approximate surface area is 113 Å². The second-order valence-corrected chi connectivity index (χ2v) is 6.33. The van der Waals surface area contributed by atoms with Crippen LogP contribution < -0.4 is 0 Å². The fraction of sp³-hybridized carbons (Fsp3) is 0.923. The van der Waals surface area contributed by atoms with Crippen LogP contribution in [-0.4, -0.2) is 65.3 Å². The third kappa shape index (κ3) is 3.01. The van der Waals surface area contributed by atoms with Gasteiger partial charge in [0.15, 0.2) is 0 Å². The Morgan fingerprint density at radius 3 is 2.74 bits per heavy atom. The first kappa shape index (κ1) is 14.6. The number of rotatable bonds is 2. The number of nitrogens with zero attached hydrogens (tertiary/aromatic N) is 1. The number of hydrogen-bond acceptors (Lipinski definition) is 5. The van der Waals surface area contributed by atoms with E-state index in [1.807, 2.05) is 20.8 Å². The lowest BCUT2D eigenvalue weighted by Gasteiger charge is -2.32. The molecule has 2 aliphatic rings. The molecular formula is C13H23NO5. The molecule has 0 saturated carbocycles. The molecule has 2 fully saturated rings. The van der Waals surface area contributed by atoms with E-state index in [1.165, 1.54) is 0 Å². The summed E-state index contributed by atoms with van der Waals surface area (Å²) in [5, 5.41) is 19.1. The molecule has 110 valence electrons. The minimum atomic E-state index is -0.954. The van der Waals surface area contributed by atoms with E-state index in [-0.39, 0.29) is 18.4 Å². The van der Waals surface area contributed by atoms with E-state index in [0.717, 1.165) is 0 Å². The molecule has 0 aliphatic carbocycles. The molecule has 6 nitrogen and oxygen atoms in total. The van der Waals surface area contributed by atoms with Crippen molar-refractivity contribution in [1.29, 1.82) is 0 Å². The molecule has 4 unspecified atom stereocenters. The second kappa shape index (κ2) is 5.26. The lowest BCUT2D eigenvalue weighted by Crippen LogP contribution is -2.49. The molecule has 2 N–H and O–H groups in total. The summed E-state index contributed by atoms with van der Waals surface area (Å²) in [7, 11) is 0. The first-order valence-electron chi connectivity index (χ1n) is 6.70. The van der Waals surface area contributed by atoms with E-state index >= 15 is 0 Å². The van der Waals surface area contributed by atoms with Crippen molar-refractivity contribution >= 4 is 6.09 Å². The van der Waals surface area contributed by atoms with Crippen LogP contribution >= 0.6 is 0 Å². The topological polar surface area (TPSA) is 79.2 Å². The van der Waals surface area contributed by atoms with Gasteiger partial charge in [-0.1, -0.05) is 0 Å². The maximum atomic E-state index is 12.2. The van der Waals surface area contributed by atoms with Crippen LogP contribution in [-0.2, 0) is 9.47 Å². The van der Waals surface area contributed by atoms with Crippen LogP contribution in [0.2, 0.25) is 0 Å². The minimum Gasteiger partial charge on any atom is -0.444 e. The molecule has 2 rings (SSSR count). The summed E-state index contributed by atoms with van der Waals surface area (Å²) in [4.78, 5) is 13.7. The smallest absolute Gasteiger partial charge is 0.410 e. The van der Waals surface area contributed by atoms with Crippen LogP contribution in [0, 0.1) is 11.8 Å². The highest BCUT2D eigenvalue weighted by atomic mass is 16.6. The number of fused-ring (bicyclic) bond motifs is 1. The third-order valence-electron chi connectivity index (χ3n) is 3.69. The number of amides is 1. The van der Waals surface area contributed by atoms with Crippen molar-refractivity contribution in [2.24, 2.45) is 11.8 Å². The largest absolute Gasteiger partial charge is 0.444 e. The summed E-state index contributed by atoms with van der Waals surface area (Å²) in [6.45, 7) is 6.69. The normalized spacial score (nSPS) is 32.3. The van der Waals surface area contributed by atoms with Gasteiger partial charge in [0.25, 0.3) is 0 Å². The summed E-state index contributed by atoms with van der Waals surface area (Å²) >= 11 is 0. The zero-order valence-corrected chi connectivity index (χ0v) is 11.7. The van der Waals surface area contributed by atoms with E-state index < -0.39 is 23.8 Å². The van der Waals surface area contributed by atoms with Gasteiger partial charge >= 0.3 is 6.09 Å². The fourth-order valence-electron chi connectivity index (χ4n) is 2.90. The van der Waals surface area contributed by atoms with Gasteiger partial charge in [-0.25, -0.2) is 4.79 Å². The van der Waals surface area contributed by atoms with Gasteiger partial charge in [0.1, 0.15) is 5.60 Å². The first-order chi connectivity index (χ1) is 8.83. The number of likely N-dealkylation sites (tertiary alicyclic amines) is 1. The molecule has 2 saturated heterocycles. The van der Waals surface area contributed by atoms with E-state index in [4.69, 9.17) is 9.47 Å². The molecule has 0 spiro atoms. The van der Waals surface area contributed by atoms with Crippen molar-refractivity contribution in [2.75, 3.05) is 26.4 Å². The van der Waals surface area contributed by atoms with Gasteiger partial charge in [-0.3, -0.25) is 0 Å². The average Bonchev–Trinajstić information content (AvgIpc) is 2.84. The number of aliphatic hydroxyl groups excluding tert-OH is 2. The van der Waals surface area contributed by atoms with Crippen LogP contribution in [0.3, 0.4) is 0 Å². The summed E-state index contributed by atoms with van der Waals surface area (Å²) in [6, 6.07) is -0.424. The molecule has 0 aromatic rings. The van der Waals surface area contributed by atoms with Crippen LogP contribution in [0.15, 0.2) is 0 Å². The molecule has 1 amide bonds. The number of carbonyl (C=O) groups excluding carboxylic acids is 1. The maximum Gasteiger partial charge on any atom is 0.410 e. The predicted octanol–water partition coefficient (Wildman–Crippen LogP) is 0.222. The minimum absolute atomic E-state index is 0.0784. The number of ether oxygens (including phenoxy) is 2. The van der Waals surface area contributed by atoms with Gasteiger partial charge in [-0.05, 0) is 20.8 Å². The Balaban J connectivity index is 2.12. The van der Waals surface area contributed by atoms with E-state index in [1.54, 1.807) is 4.90 Å². The fourth-order valence-corrected chi connectivity index (χ4v) is 2.90. The molecule has 4 atom stereocenters. The molecule has 0 aromatic heterocycles. The van der Waals surface area contributed by atoms with E-state index in [2.05, 4.69) is 0 Å². The maximum absolute atomic E-state index is 12.2. The van der Waals surface area contributed by atoms with Crippen molar-refractivity contribution in [3.63, 3.8) is 0 Å². The summed E-state index contributed by atoms with van der Waals surface area (Å²) in [6.07, 6.45) is -1.39. The van der Waals surface area contributed by atoms with E-state index in [9.17, 15) is 15.0 Å². The highest BCUT2D eigenvalue weighted by Gasteiger charge is 2.50. The van der Waals surface area contributed by atoms with Gasteiger partial charge in [0, 0.05) is 18.4 Å². The van der Waals surface area contributed by atoms with Crippen LogP contribution in [0.4, 0.5) is 4.79 Å². The van der Waals surface area contributed by atoms with E-state index in [0.29, 0.717) is 19.8 Å². The Hall–Kier alpha value is -0.850. The van der Waals surface area contributed by atoms with Crippen molar-refractivity contribution < 1.29 is 24.5 Å². The Bertz CT molecular complexity index is 340. The number of aliphatic hydroxyl groups is 2. The van der Waals surface area contributed by atoms with Crippen molar-refractivity contribution in [1.82, 2.24) is 4.90 Å². The first-order valence-corrected chi connectivity index (χ1v) is 6.70. The molecule has 2 heterocycles. The van der Waals surface area contributed by atoms with Crippen molar-refractivity contribution in [3.8, 4) is 0 Å². The lowest BCUT2D eigenvalue weighted by molar-refractivity contribution is -0.0194. The molecule has 0 aromatic carbocycles. The summed E-state index contributed by atoms with van der Waals surface area (Å²) in [5.74, 6) is 0.299. The molecule has 2 aliphatic heterocycles. The van der Waals surface area contributed by atoms with Gasteiger partial charge < -0.3 is 24.6 Å². The van der Waals surface area contributed by atoms with Gasteiger partial charge in [0.2, 0.25) is 0 Å². The van der Waals surface area contributed by atoms with Crippen molar-refractivity contribution in [2.45, 2.75) is 38.5 Å². The van der Waals surface area contributed by atoms with Gasteiger partial charge in [0.05, 0.1) is 32.0 Å². The zero-order chi connectivity index (χ0) is 14.2. The molecule has 19 heavy (non-hydrogen) atoms. The number of carbonyl (C=O) groups is 1. The highest BCUT2D eigenvalue weighted by Crippen LogP contribution is 2.37. The molecule has 6 heteroatoms. The second-order valence-electron chi connectivity index (χ2n) is 6.33. The van der Waals surface area contributed by atoms with Gasteiger partial charge in [-0.15, -0.1) is 0 Å². The quantitative estimate of drug-likeness (QED) is 0.752. The zero-order valence-electron chi connectivity index (χ0n) is 11.7. The van der Waals surface area contributed by atoms with Gasteiger partial charge in [-0.2, -0.15) is 0 Å². The third-order valence-corrected chi connectivity index (χ3v) is 3.69. The summed E-state index contributed by atoms with van der Waals surface area (Å²) in [5.41, 5.74) is -0.569. The Morgan fingerprint density at radius 2 is 2.16 bits per heavy atom. The Morgan fingerprint density at radius 1 is 1.47 bits per heavy atom. The number of hydrogen-bond donors (Lipinski definition) is 2. The van der Waals surface area contributed by atoms with Crippen LogP contribution in [0.5, 0.6) is 0 Å². The molecule has 0 bridgehead atoms. The standard InChI is InChI=1S/C13H23NO5/c1-13(2,3)19-12(17)14-4-8-6-18-7-9(8)11(14)10(16)5-15/h8-11,15-16H,4-7H2,1-3H3. The molecule has 0 radical (unpaired) electrons. The predicted molar refractivity (Wildman–Crippen MR) is 67.6 cm³/mol. The summed E-state index contributed by atoms with van der Waals surface area (Å²) < 4.78 is 10.8. The van der Waals surface area contributed by atoms with Crippen molar-refractivity contribution in [3.05, 3.63) is 0 Å². The molecular weight excluding hydrogens is 250 g/mol. The lowest BCUT2D eigenvalue weighted by atomic mass is 9.91. The average molecular weight is 273 g/mol. The SMILES string of the molecule is CC(C)(C)OC(=O)N1CC2COCC2C1C(O)CO. The Kier molecular flexibility index (Phi) is 4.03.